The van der Waals surface area contributed by atoms with Crippen molar-refractivity contribution in [2.24, 2.45) is 4.99 Å². The zero-order valence-corrected chi connectivity index (χ0v) is 13.3. The number of halogens is 1. The van der Waals surface area contributed by atoms with E-state index in [0.29, 0.717) is 25.7 Å². The van der Waals surface area contributed by atoms with E-state index in [1.807, 2.05) is 12.1 Å². The molecule has 0 aromatic carbocycles. The highest BCUT2D eigenvalue weighted by Gasteiger charge is 1.97. The minimum Gasteiger partial charge on any atom is -0.467 e. The fourth-order valence-electron chi connectivity index (χ4n) is 1.30. The number of guanidine groups is 1. The molecule has 2 N–H and O–H groups in total. The van der Waals surface area contributed by atoms with E-state index < -0.39 is 0 Å². The number of hydrogen-bond acceptors (Lipinski definition) is 3. The molecule has 0 aliphatic carbocycles. The summed E-state index contributed by atoms with van der Waals surface area (Å²) in [6.07, 6.45) is 7.67. The highest BCUT2D eigenvalue weighted by atomic mass is 127. The van der Waals surface area contributed by atoms with Crippen LogP contribution >= 0.6 is 24.0 Å². The molecule has 0 fully saturated rings. The van der Waals surface area contributed by atoms with Crippen molar-refractivity contribution in [3.8, 4) is 12.3 Å². The topological polar surface area (TPSA) is 58.8 Å². The molecule has 0 spiro atoms. The van der Waals surface area contributed by atoms with Crippen LogP contribution in [0.3, 0.4) is 0 Å². The Hall–Kier alpha value is -1.20. The van der Waals surface area contributed by atoms with E-state index in [1.165, 1.54) is 0 Å². The van der Waals surface area contributed by atoms with Gasteiger partial charge in [0, 0.05) is 20.2 Å². The predicted molar refractivity (Wildman–Crippen MR) is 86.6 cm³/mol. The second-order valence-corrected chi connectivity index (χ2v) is 3.54. The molecule has 0 aliphatic heterocycles. The molecule has 0 atom stereocenters. The normalized spacial score (nSPS) is 10.4. The van der Waals surface area contributed by atoms with Gasteiger partial charge in [-0.25, -0.2) is 0 Å². The largest absolute Gasteiger partial charge is 0.467 e. The first kappa shape index (κ1) is 17.8. The Morgan fingerprint density at radius 3 is 3.00 bits per heavy atom. The maximum absolute atomic E-state index is 5.45. The van der Waals surface area contributed by atoms with E-state index in [-0.39, 0.29) is 24.0 Å². The zero-order chi connectivity index (χ0) is 13.1. The molecule has 0 radical (unpaired) electrons. The summed E-state index contributed by atoms with van der Waals surface area (Å²) in [6.45, 7) is 2.42. The van der Waals surface area contributed by atoms with Crippen LogP contribution in [0.2, 0.25) is 0 Å². The van der Waals surface area contributed by atoms with Crippen LogP contribution in [-0.2, 0) is 11.3 Å². The molecule has 1 rings (SSSR count). The molecule has 0 bridgehead atoms. The van der Waals surface area contributed by atoms with Crippen molar-refractivity contribution in [3.05, 3.63) is 24.2 Å². The molecule has 6 heteroatoms. The summed E-state index contributed by atoms with van der Waals surface area (Å²) in [5.41, 5.74) is 0. The third kappa shape index (κ3) is 8.51. The van der Waals surface area contributed by atoms with Gasteiger partial charge in [-0.1, -0.05) is 5.92 Å². The molecule has 0 saturated heterocycles. The molecule has 5 nitrogen and oxygen atoms in total. The lowest BCUT2D eigenvalue weighted by Gasteiger charge is -2.09. The third-order valence-corrected chi connectivity index (χ3v) is 2.16. The van der Waals surface area contributed by atoms with Crippen LogP contribution in [0.15, 0.2) is 27.8 Å². The SMILES string of the molecule is C#CCNC(=NC)NCCCOCc1ccco1.I. The fraction of sp³-hybridized carbons (Fsp3) is 0.462. The summed E-state index contributed by atoms with van der Waals surface area (Å²) in [5, 5.41) is 6.12. The monoisotopic (exact) mass is 377 g/mol. The maximum Gasteiger partial charge on any atom is 0.191 e. The van der Waals surface area contributed by atoms with Crippen LogP contribution in [0.4, 0.5) is 0 Å². The van der Waals surface area contributed by atoms with Gasteiger partial charge >= 0.3 is 0 Å². The third-order valence-electron chi connectivity index (χ3n) is 2.16. The van der Waals surface area contributed by atoms with Gasteiger partial charge in [0.1, 0.15) is 12.4 Å². The Bertz CT molecular complexity index is 385. The van der Waals surface area contributed by atoms with E-state index in [9.17, 15) is 0 Å². The molecule has 0 aliphatic rings. The van der Waals surface area contributed by atoms with Crippen molar-refractivity contribution < 1.29 is 9.15 Å². The summed E-state index contributed by atoms with van der Waals surface area (Å²) < 4.78 is 10.6. The second-order valence-electron chi connectivity index (χ2n) is 3.54. The molecule has 0 saturated carbocycles. The maximum atomic E-state index is 5.45. The molecule has 106 valence electrons. The van der Waals surface area contributed by atoms with Gasteiger partial charge in [0.15, 0.2) is 5.96 Å². The van der Waals surface area contributed by atoms with E-state index in [0.717, 1.165) is 18.7 Å². The van der Waals surface area contributed by atoms with Gasteiger partial charge in [-0.05, 0) is 18.6 Å². The van der Waals surface area contributed by atoms with Crippen LogP contribution in [0, 0.1) is 12.3 Å². The molecule has 1 heterocycles. The Kier molecular flexibility index (Phi) is 11.1. The van der Waals surface area contributed by atoms with Gasteiger partial charge in [0.05, 0.1) is 12.8 Å². The number of nitrogens with zero attached hydrogens (tertiary/aromatic N) is 1. The minimum absolute atomic E-state index is 0. The number of furan rings is 1. The molecule has 0 amide bonds. The summed E-state index contributed by atoms with van der Waals surface area (Å²) in [5.74, 6) is 4.04. The number of rotatable bonds is 7. The molecule has 1 aromatic heterocycles. The van der Waals surface area contributed by atoms with E-state index in [1.54, 1.807) is 13.3 Å². The highest BCUT2D eigenvalue weighted by molar-refractivity contribution is 14.0. The average Bonchev–Trinajstić information content (AvgIpc) is 2.90. The van der Waals surface area contributed by atoms with Crippen LogP contribution < -0.4 is 10.6 Å². The average molecular weight is 377 g/mol. The smallest absolute Gasteiger partial charge is 0.191 e. The van der Waals surface area contributed by atoms with E-state index in [2.05, 4.69) is 21.5 Å². The number of hydrogen-bond donors (Lipinski definition) is 2. The highest BCUT2D eigenvalue weighted by Crippen LogP contribution is 2.01. The first-order valence-electron chi connectivity index (χ1n) is 5.85. The van der Waals surface area contributed by atoms with E-state index >= 15 is 0 Å². The van der Waals surface area contributed by atoms with Crippen molar-refractivity contribution in [2.75, 3.05) is 26.7 Å². The van der Waals surface area contributed by atoms with Gasteiger partial charge in [-0.15, -0.1) is 30.4 Å². The number of terminal acetylenes is 1. The van der Waals surface area contributed by atoms with Gasteiger partial charge < -0.3 is 19.8 Å². The summed E-state index contributed by atoms with van der Waals surface area (Å²) in [4.78, 5) is 4.03. The van der Waals surface area contributed by atoms with Crippen LogP contribution in [-0.4, -0.2) is 32.7 Å². The van der Waals surface area contributed by atoms with Crippen molar-refractivity contribution in [1.82, 2.24) is 10.6 Å². The van der Waals surface area contributed by atoms with Gasteiger partial charge in [0.2, 0.25) is 0 Å². The first-order chi connectivity index (χ1) is 8.86. The van der Waals surface area contributed by atoms with Crippen molar-refractivity contribution in [3.63, 3.8) is 0 Å². The fourth-order valence-corrected chi connectivity index (χ4v) is 1.30. The Morgan fingerprint density at radius 2 is 2.37 bits per heavy atom. The molecule has 1 aromatic rings. The van der Waals surface area contributed by atoms with Crippen LogP contribution in [0.5, 0.6) is 0 Å². The molecule has 19 heavy (non-hydrogen) atoms. The summed E-state index contributed by atoms with van der Waals surface area (Å²) >= 11 is 0. The zero-order valence-electron chi connectivity index (χ0n) is 11.0. The number of aliphatic imine (C=N–C) groups is 1. The van der Waals surface area contributed by atoms with Gasteiger partial charge in [0.25, 0.3) is 0 Å². The second kappa shape index (κ2) is 11.9. The number of ether oxygens (including phenoxy) is 1. The molecular formula is C13H20IN3O2. The molecular weight excluding hydrogens is 357 g/mol. The van der Waals surface area contributed by atoms with Crippen molar-refractivity contribution >= 4 is 29.9 Å². The first-order valence-corrected chi connectivity index (χ1v) is 5.85. The summed E-state index contributed by atoms with van der Waals surface area (Å²) in [6, 6.07) is 3.74. The lowest BCUT2D eigenvalue weighted by atomic mass is 10.4. The van der Waals surface area contributed by atoms with E-state index in [4.69, 9.17) is 15.6 Å². The summed E-state index contributed by atoms with van der Waals surface area (Å²) in [7, 11) is 1.71. The standard InChI is InChI=1S/C13H19N3O2.HI/c1-3-7-15-13(14-2)16-8-5-9-17-11-12-6-4-10-18-12;/h1,4,6,10H,5,7-9,11H2,2H3,(H2,14,15,16);1H. The van der Waals surface area contributed by atoms with Crippen LogP contribution in [0.1, 0.15) is 12.2 Å². The van der Waals surface area contributed by atoms with Gasteiger partial charge in [-0.3, -0.25) is 4.99 Å². The van der Waals surface area contributed by atoms with Crippen LogP contribution in [0.25, 0.3) is 0 Å². The lowest BCUT2D eigenvalue weighted by Crippen LogP contribution is -2.38. The Morgan fingerprint density at radius 1 is 1.53 bits per heavy atom. The lowest BCUT2D eigenvalue weighted by molar-refractivity contribution is 0.105. The van der Waals surface area contributed by atoms with Crippen molar-refractivity contribution in [1.29, 1.82) is 0 Å². The number of nitrogens with one attached hydrogen (secondary N) is 2. The predicted octanol–water partition coefficient (Wildman–Crippen LogP) is 1.60. The van der Waals surface area contributed by atoms with Crippen molar-refractivity contribution in [2.45, 2.75) is 13.0 Å². The molecule has 0 unspecified atom stereocenters. The Labute approximate surface area is 131 Å². The quantitative estimate of drug-likeness (QED) is 0.249. The van der Waals surface area contributed by atoms with Gasteiger partial charge in [-0.2, -0.15) is 0 Å². The Balaban J connectivity index is 0.00000324. The minimum atomic E-state index is 0.